The zero-order valence-electron chi connectivity index (χ0n) is 14.0. The Bertz CT molecular complexity index is 717. The van der Waals surface area contributed by atoms with Crippen LogP contribution in [-0.2, 0) is 0 Å². The van der Waals surface area contributed by atoms with Crippen LogP contribution in [0.3, 0.4) is 0 Å². The van der Waals surface area contributed by atoms with Crippen molar-refractivity contribution in [2.24, 2.45) is 54.4 Å². The molecule has 0 spiro atoms. The number of aliphatic imine (C=N–C) groups is 4. The van der Waals surface area contributed by atoms with E-state index in [1.165, 1.54) is 0 Å². The molecule has 0 bridgehead atoms. The molecule has 0 saturated heterocycles. The number of hydrogen-bond acceptors (Lipinski definition) is 2. The monoisotopic (exact) mass is 354 g/mol. The molecule has 0 aliphatic carbocycles. The number of benzene rings is 2. The zero-order valence-corrected chi connectivity index (χ0v) is 14.0. The van der Waals surface area contributed by atoms with Gasteiger partial charge in [-0.3, -0.25) is 0 Å². The first-order valence-corrected chi connectivity index (χ1v) is 7.34. The molecule has 2 aromatic rings. The third-order valence-corrected chi connectivity index (χ3v) is 2.49. The van der Waals surface area contributed by atoms with Crippen molar-refractivity contribution < 1.29 is 0 Å². The Labute approximate surface area is 151 Å². The molecule has 136 valence electrons. The third-order valence-electron chi connectivity index (χ3n) is 2.49. The summed E-state index contributed by atoms with van der Waals surface area (Å²) in [6.45, 7) is 0. The maximum absolute atomic E-state index is 5.41. The lowest BCUT2D eigenvalue weighted by molar-refractivity contribution is 1.38. The molecule has 2 rings (SSSR count). The highest BCUT2D eigenvalue weighted by Crippen LogP contribution is 2.09. The van der Waals surface area contributed by atoms with Gasteiger partial charge in [-0.05, 0) is 24.3 Å². The molecule has 12 N–H and O–H groups in total. The molecule has 10 heteroatoms. The van der Waals surface area contributed by atoms with E-state index in [9.17, 15) is 0 Å². The van der Waals surface area contributed by atoms with Gasteiger partial charge in [-0.25, -0.2) is 9.98 Å². The van der Waals surface area contributed by atoms with Gasteiger partial charge >= 0.3 is 0 Å². The summed E-state index contributed by atoms with van der Waals surface area (Å²) in [6, 6.07) is 18.4. The maximum atomic E-state index is 5.41. The second kappa shape index (κ2) is 10.6. The lowest BCUT2D eigenvalue weighted by Gasteiger charge is -1.94. The average molecular weight is 354 g/mol. The lowest BCUT2D eigenvalue weighted by atomic mass is 10.3. The third kappa shape index (κ3) is 9.15. The molecule has 0 radical (unpaired) electrons. The molecular weight excluding hydrogens is 332 g/mol. The van der Waals surface area contributed by atoms with E-state index in [2.05, 4.69) is 20.0 Å². The van der Waals surface area contributed by atoms with Crippen molar-refractivity contribution >= 4 is 35.2 Å². The molecule has 0 amide bonds. The summed E-state index contributed by atoms with van der Waals surface area (Å²) < 4.78 is 0. The van der Waals surface area contributed by atoms with Gasteiger partial charge in [0.2, 0.25) is 11.9 Å². The van der Waals surface area contributed by atoms with Crippen LogP contribution in [0.5, 0.6) is 0 Å². The van der Waals surface area contributed by atoms with E-state index in [0.717, 1.165) is 0 Å². The van der Waals surface area contributed by atoms with Gasteiger partial charge in [0, 0.05) is 0 Å². The Kier molecular flexibility index (Phi) is 8.18. The molecule has 0 saturated carbocycles. The van der Waals surface area contributed by atoms with Crippen LogP contribution in [0.4, 0.5) is 11.4 Å². The predicted octanol–water partition coefficient (Wildman–Crippen LogP) is -0.188. The highest BCUT2D eigenvalue weighted by molar-refractivity contribution is 5.94. The van der Waals surface area contributed by atoms with Gasteiger partial charge in [0.1, 0.15) is 0 Å². The summed E-state index contributed by atoms with van der Waals surface area (Å²) in [6.07, 6.45) is 0. The number of hydrogen-bond donors (Lipinski definition) is 6. The summed E-state index contributed by atoms with van der Waals surface area (Å²) >= 11 is 0. The van der Waals surface area contributed by atoms with Crippen LogP contribution >= 0.6 is 0 Å². The zero-order chi connectivity index (χ0) is 19.4. The summed E-state index contributed by atoms with van der Waals surface area (Å²) in [4.78, 5) is 15.0. The highest BCUT2D eigenvalue weighted by Gasteiger charge is 1.91. The summed E-state index contributed by atoms with van der Waals surface area (Å²) in [7, 11) is 0. The first kappa shape index (κ1) is 20.0. The van der Waals surface area contributed by atoms with Crippen LogP contribution in [0.15, 0.2) is 80.6 Å². The van der Waals surface area contributed by atoms with Crippen LogP contribution < -0.4 is 34.4 Å². The van der Waals surface area contributed by atoms with Crippen molar-refractivity contribution in [1.29, 1.82) is 0 Å². The van der Waals surface area contributed by atoms with Gasteiger partial charge in [-0.15, -0.1) is 0 Å². The van der Waals surface area contributed by atoms with Crippen LogP contribution in [0.2, 0.25) is 0 Å². The SMILES string of the molecule is NC(N)=NC(N)=Nc1ccccc1.NC(N)=NC(N)=Nc1ccccc1. The van der Waals surface area contributed by atoms with E-state index >= 15 is 0 Å². The van der Waals surface area contributed by atoms with E-state index in [1.54, 1.807) is 24.3 Å². The molecule has 0 fully saturated rings. The van der Waals surface area contributed by atoms with Gasteiger partial charge in [-0.2, -0.15) is 9.98 Å². The van der Waals surface area contributed by atoms with E-state index in [0.29, 0.717) is 11.4 Å². The standard InChI is InChI=1S/2C8H11N5/c2*9-7(10)13-8(11)12-6-4-2-1-3-5-6/h2*1-5H,(H6,9,10,11,12,13). The molecule has 10 nitrogen and oxygen atoms in total. The molecule has 0 unspecified atom stereocenters. The Balaban J connectivity index is 0.000000260. The summed E-state index contributed by atoms with van der Waals surface area (Å²) in [5.74, 6) is -0.105. The second-order valence-corrected chi connectivity index (χ2v) is 4.68. The number of nitrogens with two attached hydrogens (primary N) is 6. The van der Waals surface area contributed by atoms with Crippen molar-refractivity contribution in [2.45, 2.75) is 0 Å². The van der Waals surface area contributed by atoms with Crippen molar-refractivity contribution in [2.75, 3.05) is 0 Å². The van der Waals surface area contributed by atoms with E-state index in [4.69, 9.17) is 34.4 Å². The van der Waals surface area contributed by atoms with E-state index in [1.807, 2.05) is 36.4 Å². The number of guanidine groups is 4. The van der Waals surface area contributed by atoms with Gasteiger partial charge in [0.05, 0.1) is 11.4 Å². The number of para-hydroxylation sites is 2. The molecule has 0 atom stereocenters. The highest BCUT2D eigenvalue weighted by atomic mass is 15.1. The molecular formula is C16H22N10. The lowest BCUT2D eigenvalue weighted by Crippen LogP contribution is -2.26. The van der Waals surface area contributed by atoms with Gasteiger partial charge in [0.25, 0.3) is 0 Å². The second-order valence-electron chi connectivity index (χ2n) is 4.68. The smallest absolute Gasteiger partial charge is 0.223 e. The first-order chi connectivity index (χ1) is 12.4. The molecule has 26 heavy (non-hydrogen) atoms. The van der Waals surface area contributed by atoms with Gasteiger partial charge in [-0.1, -0.05) is 36.4 Å². The van der Waals surface area contributed by atoms with Crippen molar-refractivity contribution in [3.8, 4) is 0 Å². The first-order valence-electron chi connectivity index (χ1n) is 7.34. The Hall–Kier alpha value is -4.08. The molecule has 0 aromatic heterocycles. The van der Waals surface area contributed by atoms with Crippen LogP contribution in [0.25, 0.3) is 0 Å². The van der Waals surface area contributed by atoms with Crippen molar-refractivity contribution in [3.05, 3.63) is 60.7 Å². The average Bonchev–Trinajstić information content (AvgIpc) is 2.55. The molecule has 0 aliphatic heterocycles. The summed E-state index contributed by atoms with van der Waals surface area (Å²) in [5.41, 5.74) is 32.7. The summed E-state index contributed by atoms with van der Waals surface area (Å²) in [5, 5.41) is 0. The van der Waals surface area contributed by atoms with E-state index < -0.39 is 0 Å². The Morgan fingerprint density at radius 1 is 0.500 bits per heavy atom. The fraction of sp³-hybridized carbons (Fsp3) is 0. The minimum absolute atomic E-state index is 0.0474. The number of rotatable bonds is 2. The minimum atomic E-state index is -0.0998. The largest absolute Gasteiger partial charge is 0.370 e. The van der Waals surface area contributed by atoms with Crippen molar-refractivity contribution in [1.82, 2.24) is 0 Å². The maximum Gasteiger partial charge on any atom is 0.223 e. The van der Waals surface area contributed by atoms with Crippen LogP contribution in [0, 0.1) is 0 Å². The number of nitrogens with zero attached hydrogens (tertiary/aromatic N) is 4. The van der Waals surface area contributed by atoms with Crippen molar-refractivity contribution in [3.63, 3.8) is 0 Å². The van der Waals surface area contributed by atoms with Crippen LogP contribution in [-0.4, -0.2) is 23.8 Å². The fourth-order valence-electron chi connectivity index (χ4n) is 1.58. The van der Waals surface area contributed by atoms with Crippen LogP contribution in [0.1, 0.15) is 0 Å². The van der Waals surface area contributed by atoms with Gasteiger partial charge < -0.3 is 34.4 Å². The molecule has 0 aliphatic rings. The molecule has 0 heterocycles. The minimum Gasteiger partial charge on any atom is -0.370 e. The normalized spacial score (nSPS) is 10.9. The van der Waals surface area contributed by atoms with E-state index in [-0.39, 0.29) is 23.8 Å². The Morgan fingerprint density at radius 2 is 0.808 bits per heavy atom. The van der Waals surface area contributed by atoms with Gasteiger partial charge in [0.15, 0.2) is 11.9 Å². The predicted molar refractivity (Wildman–Crippen MR) is 107 cm³/mol. The Morgan fingerprint density at radius 3 is 1.08 bits per heavy atom. The quantitative estimate of drug-likeness (QED) is 0.318. The molecule has 2 aromatic carbocycles. The topological polar surface area (TPSA) is 206 Å². The fourth-order valence-corrected chi connectivity index (χ4v) is 1.58.